The molecule has 1 aromatic rings. The molecule has 2 N–H and O–H groups in total. The summed E-state index contributed by atoms with van der Waals surface area (Å²) in [6.45, 7) is 0.218. The Morgan fingerprint density at radius 3 is 2.45 bits per heavy atom. The quantitative estimate of drug-likeness (QED) is 0.873. The molecular formula is C15H21ClN2O2. The van der Waals surface area contributed by atoms with Gasteiger partial charge in [0.25, 0.3) is 0 Å². The second-order valence-corrected chi connectivity index (χ2v) is 5.99. The summed E-state index contributed by atoms with van der Waals surface area (Å²) in [6.07, 6.45) is 2.12. The molecule has 1 saturated carbocycles. The van der Waals surface area contributed by atoms with Crippen LogP contribution in [0.1, 0.15) is 30.9 Å². The predicted molar refractivity (Wildman–Crippen MR) is 79.7 cm³/mol. The molecule has 0 aromatic heterocycles. The molecule has 2 rings (SSSR count). The number of amides is 1. The van der Waals surface area contributed by atoms with E-state index in [-0.39, 0.29) is 18.0 Å². The SMILES string of the molecule is CN(C)C1(C(=O)NCC(O)c2ccc(Cl)cc2)CCC1. The van der Waals surface area contributed by atoms with E-state index in [1.807, 2.05) is 19.0 Å². The third-order valence-electron chi connectivity index (χ3n) is 4.17. The first-order chi connectivity index (χ1) is 9.45. The van der Waals surface area contributed by atoms with E-state index in [1.54, 1.807) is 24.3 Å². The van der Waals surface area contributed by atoms with Crippen LogP contribution in [0.3, 0.4) is 0 Å². The number of carbonyl (C=O) groups excluding carboxylic acids is 1. The molecule has 0 spiro atoms. The number of halogens is 1. The Labute approximate surface area is 124 Å². The summed E-state index contributed by atoms with van der Waals surface area (Å²) in [5, 5.41) is 13.6. The lowest BCUT2D eigenvalue weighted by molar-refractivity contribution is -0.137. The molecule has 0 aliphatic heterocycles. The largest absolute Gasteiger partial charge is 0.387 e. The summed E-state index contributed by atoms with van der Waals surface area (Å²) in [4.78, 5) is 14.3. The van der Waals surface area contributed by atoms with Gasteiger partial charge in [-0.3, -0.25) is 9.69 Å². The van der Waals surface area contributed by atoms with E-state index in [0.29, 0.717) is 5.02 Å². The topological polar surface area (TPSA) is 52.6 Å². The van der Waals surface area contributed by atoms with Gasteiger partial charge in [-0.25, -0.2) is 0 Å². The normalized spacial score (nSPS) is 18.4. The first kappa shape index (κ1) is 15.3. The van der Waals surface area contributed by atoms with Crippen LogP contribution in [0, 0.1) is 0 Å². The molecule has 5 heteroatoms. The van der Waals surface area contributed by atoms with Gasteiger partial charge >= 0.3 is 0 Å². The van der Waals surface area contributed by atoms with Gasteiger partial charge in [-0.15, -0.1) is 0 Å². The molecule has 0 bridgehead atoms. The molecule has 110 valence electrons. The average Bonchev–Trinajstić information content (AvgIpc) is 2.35. The first-order valence-electron chi connectivity index (χ1n) is 6.85. The Morgan fingerprint density at radius 1 is 1.40 bits per heavy atom. The number of nitrogens with one attached hydrogen (secondary N) is 1. The van der Waals surface area contributed by atoms with E-state index < -0.39 is 6.10 Å². The molecule has 1 aliphatic carbocycles. The van der Waals surface area contributed by atoms with Crippen LogP contribution < -0.4 is 5.32 Å². The standard InChI is InChI=1S/C15H21ClN2O2/c1-18(2)15(8-3-9-15)14(20)17-10-13(19)11-4-6-12(16)7-5-11/h4-7,13,19H,3,8-10H2,1-2H3,(H,17,20). The highest BCUT2D eigenvalue weighted by Gasteiger charge is 2.45. The lowest BCUT2D eigenvalue weighted by Gasteiger charge is -2.45. The van der Waals surface area contributed by atoms with Crippen LogP contribution in [0.4, 0.5) is 0 Å². The minimum absolute atomic E-state index is 0.00163. The molecule has 1 fully saturated rings. The lowest BCUT2D eigenvalue weighted by atomic mass is 9.75. The Bertz CT molecular complexity index is 469. The monoisotopic (exact) mass is 296 g/mol. The molecule has 1 unspecified atom stereocenters. The molecule has 0 saturated heterocycles. The number of aliphatic hydroxyl groups excluding tert-OH is 1. The fraction of sp³-hybridized carbons (Fsp3) is 0.533. The van der Waals surface area contributed by atoms with Gasteiger partial charge < -0.3 is 10.4 Å². The smallest absolute Gasteiger partial charge is 0.240 e. The lowest BCUT2D eigenvalue weighted by Crippen LogP contribution is -2.60. The van der Waals surface area contributed by atoms with E-state index >= 15 is 0 Å². The fourth-order valence-electron chi connectivity index (χ4n) is 2.55. The van der Waals surface area contributed by atoms with E-state index in [0.717, 1.165) is 24.8 Å². The van der Waals surface area contributed by atoms with Gasteiger partial charge in [0.05, 0.1) is 11.6 Å². The number of rotatable bonds is 5. The highest BCUT2D eigenvalue weighted by molar-refractivity contribution is 6.30. The number of benzene rings is 1. The van der Waals surface area contributed by atoms with Crippen LogP contribution in [0.2, 0.25) is 5.02 Å². The van der Waals surface area contributed by atoms with E-state index in [4.69, 9.17) is 11.6 Å². The zero-order chi connectivity index (χ0) is 14.8. The molecule has 4 nitrogen and oxygen atoms in total. The number of carbonyl (C=O) groups is 1. The van der Waals surface area contributed by atoms with Gasteiger partial charge in [-0.2, -0.15) is 0 Å². The number of nitrogens with zero attached hydrogens (tertiary/aromatic N) is 1. The summed E-state index contributed by atoms with van der Waals surface area (Å²) >= 11 is 5.81. The van der Waals surface area contributed by atoms with E-state index in [2.05, 4.69) is 5.32 Å². The van der Waals surface area contributed by atoms with Crippen LogP contribution in [-0.2, 0) is 4.79 Å². The maximum Gasteiger partial charge on any atom is 0.240 e. The van der Waals surface area contributed by atoms with Crippen LogP contribution in [0.25, 0.3) is 0 Å². The molecule has 1 atom stereocenters. The van der Waals surface area contributed by atoms with Crippen molar-refractivity contribution in [2.75, 3.05) is 20.6 Å². The van der Waals surface area contributed by atoms with E-state index in [9.17, 15) is 9.90 Å². The zero-order valence-electron chi connectivity index (χ0n) is 11.9. The van der Waals surface area contributed by atoms with Gasteiger partial charge in [0, 0.05) is 11.6 Å². The number of aliphatic hydroxyl groups is 1. The van der Waals surface area contributed by atoms with Crippen LogP contribution in [0.5, 0.6) is 0 Å². The van der Waals surface area contributed by atoms with Crippen molar-refractivity contribution >= 4 is 17.5 Å². The van der Waals surface area contributed by atoms with Crippen molar-refractivity contribution in [1.29, 1.82) is 0 Å². The van der Waals surface area contributed by atoms with Gasteiger partial charge in [-0.05, 0) is 51.1 Å². The average molecular weight is 297 g/mol. The summed E-state index contributed by atoms with van der Waals surface area (Å²) < 4.78 is 0. The summed E-state index contributed by atoms with van der Waals surface area (Å²) in [7, 11) is 3.85. The van der Waals surface area contributed by atoms with Crippen molar-refractivity contribution in [3.05, 3.63) is 34.9 Å². The Balaban J connectivity index is 1.91. The number of hydrogen-bond acceptors (Lipinski definition) is 3. The Morgan fingerprint density at radius 2 is 2.00 bits per heavy atom. The van der Waals surface area contributed by atoms with Crippen molar-refractivity contribution in [3.8, 4) is 0 Å². The van der Waals surface area contributed by atoms with Gasteiger partial charge in [0.2, 0.25) is 5.91 Å². The minimum Gasteiger partial charge on any atom is -0.387 e. The van der Waals surface area contributed by atoms with Crippen molar-refractivity contribution < 1.29 is 9.90 Å². The first-order valence-corrected chi connectivity index (χ1v) is 7.23. The summed E-state index contributed by atoms with van der Waals surface area (Å²) in [5.41, 5.74) is 0.363. The third-order valence-corrected chi connectivity index (χ3v) is 4.42. The second kappa shape index (κ2) is 6.12. The van der Waals surface area contributed by atoms with Crippen molar-refractivity contribution in [2.45, 2.75) is 30.9 Å². The van der Waals surface area contributed by atoms with Crippen molar-refractivity contribution in [3.63, 3.8) is 0 Å². The molecule has 1 aliphatic rings. The summed E-state index contributed by atoms with van der Waals surface area (Å²) in [5.74, 6) is 0.00163. The van der Waals surface area contributed by atoms with Gasteiger partial charge in [-0.1, -0.05) is 23.7 Å². The highest BCUT2D eigenvalue weighted by Crippen LogP contribution is 2.36. The molecule has 20 heavy (non-hydrogen) atoms. The second-order valence-electron chi connectivity index (χ2n) is 5.56. The molecule has 0 radical (unpaired) electrons. The number of hydrogen-bond donors (Lipinski definition) is 2. The Hall–Kier alpha value is -1.10. The molecular weight excluding hydrogens is 276 g/mol. The molecule has 1 amide bonds. The fourth-order valence-corrected chi connectivity index (χ4v) is 2.67. The minimum atomic E-state index is -0.712. The van der Waals surface area contributed by atoms with Crippen molar-refractivity contribution in [2.24, 2.45) is 0 Å². The molecule has 0 heterocycles. The van der Waals surface area contributed by atoms with E-state index in [1.165, 1.54) is 0 Å². The highest BCUT2D eigenvalue weighted by atomic mass is 35.5. The number of likely N-dealkylation sites (N-methyl/N-ethyl adjacent to an activating group) is 1. The van der Waals surface area contributed by atoms with Crippen molar-refractivity contribution in [1.82, 2.24) is 10.2 Å². The zero-order valence-corrected chi connectivity index (χ0v) is 12.7. The maximum atomic E-state index is 12.3. The van der Waals surface area contributed by atoms with Gasteiger partial charge in [0.1, 0.15) is 0 Å². The Kier molecular flexibility index (Phi) is 4.68. The van der Waals surface area contributed by atoms with Crippen LogP contribution in [0.15, 0.2) is 24.3 Å². The van der Waals surface area contributed by atoms with Gasteiger partial charge in [0.15, 0.2) is 0 Å². The summed E-state index contributed by atoms with van der Waals surface area (Å²) in [6, 6.07) is 7.00. The van der Waals surface area contributed by atoms with Crippen LogP contribution in [-0.4, -0.2) is 42.1 Å². The van der Waals surface area contributed by atoms with Crippen LogP contribution >= 0.6 is 11.6 Å². The predicted octanol–water partition coefficient (Wildman–Crippen LogP) is 1.97. The molecule has 1 aromatic carbocycles. The maximum absolute atomic E-state index is 12.3. The third kappa shape index (κ3) is 2.97.